The largest absolute Gasteiger partial charge is 0.368 e. The molecule has 112 valence electrons. The zero-order valence-electron chi connectivity index (χ0n) is 12.0. The van der Waals surface area contributed by atoms with Crippen LogP contribution in [0.4, 0.5) is 0 Å². The Bertz CT molecular complexity index is 170. The van der Waals surface area contributed by atoms with Gasteiger partial charge in [0.1, 0.15) is 0 Å². The van der Waals surface area contributed by atoms with E-state index < -0.39 is 17.9 Å². The summed E-state index contributed by atoms with van der Waals surface area (Å²) in [4.78, 5) is 0. The molecular weight excluding hydrogens is 240 g/mol. The average molecular weight is 268 g/mol. The van der Waals surface area contributed by atoms with Gasteiger partial charge in [-0.05, 0) is 41.0 Å². The summed E-state index contributed by atoms with van der Waals surface area (Å²) in [6.07, 6.45) is 1.38. The van der Waals surface area contributed by atoms with Crippen molar-refractivity contribution in [1.29, 1.82) is 0 Å². The average Bonchev–Trinajstić information content (AvgIpc) is 2.51. The summed E-state index contributed by atoms with van der Waals surface area (Å²) < 4.78 is 9.49. The van der Waals surface area contributed by atoms with E-state index in [-0.39, 0.29) is 0 Å². The lowest BCUT2D eigenvalue weighted by molar-refractivity contribution is -0.172. The molecule has 0 aromatic carbocycles. The number of hydrogen-bond acceptors (Lipinski definition) is 6. The van der Waals surface area contributed by atoms with Gasteiger partial charge < -0.3 is 29.9 Å². The highest BCUT2D eigenvalue weighted by atomic mass is 16.6. The van der Waals surface area contributed by atoms with Gasteiger partial charge in [-0.25, -0.2) is 0 Å². The second kappa shape index (κ2) is 9.66. The summed E-state index contributed by atoms with van der Waals surface area (Å²) in [6.45, 7) is 8.95. The summed E-state index contributed by atoms with van der Waals surface area (Å²) in [5, 5.41) is 33.5. The first-order chi connectivity index (χ1) is 7.95. The molecule has 1 aliphatic rings. The fourth-order valence-corrected chi connectivity index (χ4v) is 0.914. The van der Waals surface area contributed by atoms with Crippen LogP contribution >= 0.6 is 0 Å². The Kier molecular flexibility index (Phi) is 10.8. The normalized spacial score (nSPS) is 19.5. The van der Waals surface area contributed by atoms with Gasteiger partial charge in [0.2, 0.25) is 0 Å². The van der Waals surface area contributed by atoms with Crippen molar-refractivity contribution >= 4 is 0 Å². The standard InChI is InChI=1S/C5H12O2.C4H8O2.C3H8O2/c1-4-7-5(2,3)6;5-4-2-1-3-6-4;1-3(2,4)5/h6H,4H2,1-3H3;4-5H,1-3H2;4-5H,1-2H3. The van der Waals surface area contributed by atoms with Crippen LogP contribution in [-0.4, -0.2) is 51.5 Å². The van der Waals surface area contributed by atoms with Crippen LogP contribution in [0.3, 0.4) is 0 Å². The first-order valence-electron chi connectivity index (χ1n) is 6.06. The number of ether oxygens (including phenoxy) is 2. The Morgan fingerprint density at radius 2 is 1.61 bits per heavy atom. The van der Waals surface area contributed by atoms with Crippen LogP contribution in [0, 0.1) is 0 Å². The summed E-state index contributed by atoms with van der Waals surface area (Å²) in [7, 11) is 0. The Morgan fingerprint density at radius 1 is 1.17 bits per heavy atom. The lowest BCUT2D eigenvalue weighted by Crippen LogP contribution is -2.22. The van der Waals surface area contributed by atoms with Crippen molar-refractivity contribution in [1.82, 2.24) is 0 Å². The van der Waals surface area contributed by atoms with Crippen molar-refractivity contribution in [2.45, 2.75) is 65.3 Å². The highest BCUT2D eigenvalue weighted by Gasteiger charge is 2.09. The zero-order valence-corrected chi connectivity index (χ0v) is 12.0. The van der Waals surface area contributed by atoms with Gasteiger partial charge in [-0.1, -0.05) is 0 Å². The van der Waals surface area contributed by atoms with E-state index >= 15 is 0 Å². The monoisotopic (exact) mass is 268 g/mol. The van der Waals surface area contributed by atoms with E-state index in [0.717, 1.165) is 19.4 Å². The topological polar surface area (TPSA) is 99.4 Å². The van der Waals surface area contributed by atoms with Crippen molar-refractivity contribution in [2.24, 2.45) is 0 Å². The van der Waals surface area contributed by atoms with E-state index in [1.54, 1.807) is 13.8 Å². The molecule has 6 nitrogen and oxygen atoms in total. The summed E-state index contributed by atoms with van der Waals surface area (Å²) in [5.74, 6) is -2.45. The molecule has 1 saturated heterocycles. The molecule has 0 amide bonds. The molecule has 0 radical (unpaired) electrons. The van der Waals surface area contributed by atoms with Gasteiger partial charge in [0.05, 0.1) is 0 Å². The predicted octanol–water partition coefficient (Wildman–Crippen LogP) is 0.574. The van der Waals surface area contributed by atoms with Gasteiger partial charge >= 0.3 is 0 Å². The Hall–Kier alpha value is -0.240. The van der Waals surface area contributed by atoms with Gasteiger partial charge in [0.25, 0.3) is 0 Å². The molecule has 0 aliphatic carbocycles. The van der Waals surface area contributed by atoms with Crippen molar-refractivity contribution in [3.63, 3.8) is 0 Å². The van der Waals surface area contributed by atoms with Gasteiger partial charge in [-0.15, -0.1) is 0 Å². The van der Waals surface area contributed by atoms with Crippen molar-refractivity contribution in [2.75, 3.05) is 13.2 Å². The summed E-state index contributed by atoms with van der Waals surface area (Å²) in [6, 6.07) is 0. The third-order valence-electron chi connectivity index (χ3n) is 1.40. The van der Waals surface area contributed by atoms with Crippen LogP contribution in [0.1, 0.15) is 47.5 Å². The second-order valence-corrected chi connectivity index (χ2v) is 4.84. The van der Waals surface area contributed by atoms with E-state index in [2.05, 4.69) is 0 Å². The Morgan fingerprint density at radius 3 is 1.67 bits per heavy atom. The second-order valence-electron chi connectivity index (χ2n) is 4.84. The number of aliphatic hydroxyl groups excluding tert-OH is 1. The molecule has 1 fully saturated rings. The number of rotatable bonds is 2. The molecule has 1 rings (SSSR count). The van der Waals surface area contributed by atoms with Crippen LogP contribution in [0.15, 0.2) is 0 Å². The molecule has 1 atom stereocenters. The van der Waals surface area contributed by atoms with Crippen LogP contribution in [0.5, 0.6) is 0 Å². The summed E-state index contributed by atoms with van der Waals surface area (Å²) >= 11 is 0. The molecule has 1 aliphatic heterocycles. The minimum Gasteiger partial charge on any atom is -0.368 e. The smallest absolute Gasteiger partial charge is 0.159 e. The highest BCUT2D eigenvalue weighted by Crippen LogP contribution is 2.07. The fraction of sp³-hybridized carbons (Fsp3) is 1.00. The van der Waals surface area contributed by atoms with E-state index in [9.17, 15) is 0 Å². The molecular formula is C12H28O6. The van der Waals surface area contributed by atoms with E-state index in [1.165, 1.54) is 13.8 Å². The Labute approximate surface area is 109 Å². The molecule has 1 heterocycles. The van der Waals surface area contributed by atoms with Crippen molar-refractivity contribution in [3.8, 4) is 0 Å². The highest BCUT2D eigenvalue weighted by molar-refractivity contribution is 4.49. The number of hydrogen-bond donors (Lipinski definition) is 4. The SMILES string of the molecule is CC(C)(O)O.CCOC(C)(C)O.OC1CCCO1. The lowest BCUT2D eigenvalue weighted by Gasteiger charge is -2.15. The lowest BCUT2D eigenvalue weighted by atomic mass is 10.4. The van der Waals surface area contributed by atoms with Crippen LogP contribution in [0.25, 0.3) is 0 Å². The first kappa shape index (κ1) is 20.1. The van der Waals surface area contributed by atoms with Gasteiger partial charge in [-0.3, -0.25) is 0 Å². The van der Waals surface area contributed by atoms with Gasteiger partial charge in [0.15, 0.2) is 17.9 Å². The zero-order chi connectivity index (χ0) is 14.8. The van der Waals surface area contributed by atoms with Gasteiger partial charge in [0, 0.05) is 19.6 Å². The number of aliphatic hydroxyl groups is 4. The minimum atomic E-state index is -1.50. The fourth-order valence-electron chi connectivity index (χ4n) is 0.914. The maximum atomic E-state index is 8.80. The molecule has 18 heavy (non-hydrogen) atoms. The van der Waals surface area contributed by atoms with Crippen LogP contribution in [-0.2, 0) is 9.47 Å². The van der Waals surface area contributed by atoms with Gasteiger partial charge in [-0.2, -0.15) is 0 Å². The molecule has 0 aromatic rings. The van der Waals surface area contributed by atoms with Crippen molar-refractivity contribution in [3.05, 3.63) is 0 Å². The molecule has 0 bridgehead atoms. The van der Waals surface area contributed by atoms with E-state index in [0.29, 0.717) is 6.61 Å². The van der Waals surface area contributed by atoms with Crippen LogP contribution in [0.2, 0.25) is 0 Å². The minimum absolute atomic E-state index is 0.454. The Balaban J connectivity index is 0. The molecule has 0 spiro atoms. The molecule has 0 aromatic heterocycles. The van der Waals surface area contributed by atoms with Crippen LogP contribution < -0.4 is 0 Å². The molecule has 6 heteroatoms. The molecule has 0 saturated carbocycles. The maximum absolute atomic E-state index is 8.80. The molecule has 4 N–H and O–H groups in total. The quantitative estimate of drug-likeness (QED) is 0.547. The molecule has 1 unspecified atom stereocenters. The first-order valence-corrected chi connectivity index (χ1v) is 6.06. The van der Waals surface area contributed by atoms with Crippen molar-refractivity contribution < 1.29 is 29.9 Å². The third kappa shape index (κ3) is 29.7. The van der Waals surface area contributed by atoms with E-state index in [1.807, 2.05) is 6.92 Å². The predicted molar refractivity (Wildman–Crippen MR) is 67.6 cm³/mol. The third-order valence-corrected chi connectivity index (χ3v) is 1.40. The summed E-state index contributed by atoms with van der Waals surface area (Å²) in [5.41, 5.74) is 0. The van der Waals surface area contributed by atoms with E-state index in [4.69, 9.17) is 29.9 Å². The maximum Gasteiger partial charge on any atom is 0.159 e.